The van der Waals surface area contributed by atoms with Gasteiger partial charge in [0.05, 0.1) is 6.61 Å². The molecule has 9 nitrogen and oxygen atoms in total. The maximum Gasteiger partial charge on any atom is 0.326 e. The Morgan fingerprint density at radius 1 is 1.11 bits per heavy atom. The van der Waals surface area contributed by atoms with Gasteiger partial charge < -0.3 is 20.1 Å². The van der Waals surface area contributed by atoms with E-state index in [4.69, 9.17) is 9.47 Å². The molecular formula is C19H25N3O6. The van der Waals surface area contributed by atoms with Crippen molar-refractivity contribution in [3.8, 4) is 5.75 Å². The second kappa shape index (κ2) is 9.20. The van der Waals surface area contributed by atoms with Crippen molar-refractivity contribution in [1.29, 1.82) is 0 Å². The Labute approximate surface area is 163 Å². The Kier molecular flexibility index (Phi) is 6.97. The van der Waals surface area contributed by atoms with Gasteiger partial charge in [0.25, 0.3) is 11.8 Å². The molecule has 1 aliphatic rings. The molecule has 0 aromatic heterocycles. The van der Waals surface area contributed by atoms with Crippen LogP contribution in [0.3, 0.4) is 0 Å². The Hall–Kier alpha value is -3.10. The van der Waals surface area contributed by atoms with Gasteiger partial charge in [0.15, 0.2) is 6.61 Å². The van der Waals surface area contributed by atoms with Crippen molar-refractivity contribution in [2.75, 3.05) is 25.1 Å². The van der Waals surface area contributed by atoms with E-state index in [0.717, 1.165) is 4.90 Å². The van der Waals surface area contributed by atoms with Crippen molar-refractivity contribution >= 4 is 29.5 Å². The average Bonchev–Trinajstić information content (AvgIpc) is 2.93. The van der Waals surface area contributed by atoms with Gasteiger partial charge in [0, 0.05) is 5.69 Å². The smallest absolute Gasteiger partial charge is 0.326 e. The first-order valence-electron chi connectivity index (χ1n) is 9.17. The van der Waals surface area contributed by atoms with Crippen LogP contribution < -0.4 is 15.4 Å². The van der Waals surface area contributed by atoms with E-state index in [1.807, 2.05) is 6.92 Å². The summed E-state index contributed by atoms with van der Waals surface area (Å²) in [6.07, 6.45) is 0.841. The fourth-order valence-corrected chi connectivity index (χ4v) is 2.87. The van der Waals surface area contributed by atoms with Crippen LogP contribution in [-0.4, -0.2) is 54.0 Å². The van der Waals surface area contributed by atoms with E-state index < -0.39 is 42.5 Å². The molecular weight excluding hydrogens is 366 g/mol. The predicted molar refractivity (Wildman–Crippen MR) is 101 cm³/mol. The van der Waals surface area contributed by atoms with Gasteiger partial charge >= 0.3 is 12.0 Å². The zero-order valence-corrected chi connectivity index (χ0v) is 16.2. The van der Waals surface area contributed by atoms with Gasteiger partial charge in [-0.05, 0) is 44.0 Å². The van der Waals surface area contributed by atoms with Crippen LogP contribution in [0.2, 0.25) is 0 Å². The number of ether oxygens (including phenoxy) is 2. The Balaban J connectivity index is 1.82. The highest BCUT2D eigenvalue weighted by atomic mass is 16.5. The van der Waals surface area contributed by atoms with Gasteiger partial charge in [-0.25, -0.2) is 4.79 Å². The lowest BCUT2D eigenvalue weighted by Crippen LogP contribution is -2.46. The van der Waals surface area contributed by atoms with E-state index >= 15 is 0 Å². The maximum atomic E-state index is 12.4. The number of esters is 1. The number of imide groups is 1. The molecule has 1 heterocycles. The standard InChI is InChI=1S/C19H25N3O6/c1-4-19(5-2)17(25)22(18(26)21-19)11-16(24)28-12-15(23)20-13-7-9-14(10-8-13)27-6-3/h7-10H,4-6,11-12H2,1-3H3,(H,20,23)(H,21,26). The summed E-state index contributed by atoms with van der Waals surface area (Å²) in [6, 6.07) is 6.09. The molecule has 4 amide bonds. The summed E-state index contributed by atoms with van der Waals surface area (Å²) in [7, 11) is 0. The fraction of sp³-hybridized carbons (Fsp3) is 0.474. The summed E-state index contributed by atoms with van der Waals surface area (Å²) in [6.45, 7) is 4.92. The lowest BCUT2D eigenvalue weighted by Gasteiger charge is -2.22. The lowest BCUT2D eigenvalue weighted by atomic mass is 9.93. The summed E-state index contributed by atoms with van der Waals surface area (Å²) in [4.78, 5) is 49.1. The molecule has 28 heavy (non-hydrogen) atoms. The number of nitrogens with one attached hydrogen (secondary N) is 2. The average molecular weight is 391 g/mol. The number of amides is 4. The van der Waals surface area contributed by atoms with Crippen LogP contribution in [0.5, 0.6) is 5.75 Å². The first-order chi connectivity index (χ1) is 13.3. The van der Waals surface area contributed by atoms with Gasteiger partial charge in [-0.2, -0.15) is 0 Å². The molecule has 2 N–H and O–H groups in total. The van der Waals surface area contributed by atoms with E-state index in [9.17, 15) is 19.2 Å². The van der Waals surface area contributed by atoms with Crippen molar-refractivity contribution in [3.05, 3.63) is 24.3 Å². The molecule has 1 saturated heterocycles. The highest BCUT2D eigenvalue weighted by Gasteiger charge is 2.49. The molecule has 0 aliphatic carbocycles. The van der Waals surface area contributed by atoms with Crippen LogP contribution in [0.1, 0.15) is 33.6 Å². The third-order valence-corrected chi connectivity index (χ3v) is 4.55. The Morgan fingerprint density at radius 3 is 2.29 bits per heavy atom. The number of anilines is 1. The van der Waals surface area contributed by atoms with Gasteiger partial charge in [-0.1, -0.05) is 13.8 Å². The third kappa shape index (κ3) is 4.79. The van der Waals surface area contributed by atoms with Gasteiger partial charge in [0.1, 0.15) is 17.8 Å². The predicted octanol–water partition coefficient (Wildman–Crippen LogP) is 1.68. The van der Waals surface area contributed by atoms with E-state index in [-0.39, 0.29) is 0 Å². The third-order valence-electron chi connectivity index (χ3n) is 4.55. The topological polar surface area (TPSA) is 114 Å². The maximum absolute atomic E-state index is 12.4. The molecule has 0 bridgehead atoms. The van der Waals surface area contributed by atoms with Crippen molar-refractivity contribution in [1.82, 2.24) is 10.2 Å². The molecule has 0 saturated carbocycles. The van der Waals surface area contributed by atoms with Crippen molar-refractivity contribution in [2.24, 2.45) is 0 Å². The summed E-state index contributed by atoms with van der Waals surface area (Å²) in [5, 5.41) is 5.20. The molecule has 0 spiro atoms. The van der Waals surface area contributed by atoms with Gasteiger partial charge in [-0.3, -0.25) is 19.3 Å². The first kappa shape index (κ1) is 21.2. The minimum atomic E-state index is -0.984. The van der Waals surface area contributed by atoms with Crippen LogP contribution in [0.25, 0.3) is 0 Å². The van der Waals surface area contributed by atoms with E-state index in [1.165, 1.54) is 0 Å². The highest BCUT2D eigenvalue weighted by molar-refractivity contribution is 6.08. The molecule has 0 atom stereocenters. The molecule has 2 rings (SSSR count). The monoisotopic (exact) mass is 391 g/mol. The number of carbonyl (C=O) groups is 4. The van der Waals surface area contributed by atoms with Crippen LogP contribution in [0.15, 0.2) is 24.3 Å². The number of rotatable bonds is 9. The van der Waals surface area contributed by atoms with Gasteiger partial charge in [-0.15, -0.1) is 0 Å². The summed E-state index contributed by atoms with van der Waals surface area (Å²) >= 11 is 0. The SMILES string of the molecule is CCOc1ccc(NC(=O)COC(=O)CN2C(=O)NC(CC)(CC)C2=O)cc1. The second-order valence-corrected chi connectivity index (χ2v) is 6.28. The van der Waals surface area contributed by atoms with E-state index in [2.05, 4.69) is 10.6 Å². The zero-order valence-electron chi connectivity index (χ0n) is 16.2. The molecule has 1 aliphatic heterocycles. The number of benzene rings is 1. The van der Waals surface area contributed by atoms with Crippen molar-refractivity contribution < 1.29 is 28.7 Å². The quantitative estimate of drug-likeness (QED) is 0.489. The molecule has 9 heteroatoms. The fourth-order valence-electron chi connectivity index (χ4n) is 2.87. The molecule has 152 valence electrons. The minimum absolute atomic E-state index is 0.421. The van der Waals surface area contributed by atoms with Crippen LogP contribution in [0.4, 0.5) is 10.5 Å². The van der Waals surface area contributed by atoms with E-state index in [1.54, 1.807) is 38.1 Å². The van der Waals surface area contributed by atoms with Crippen molar-refractivity contribution in [2.45, 2.75) is 39.2 Å². The molecule has 0 radical (unpaired) electrons. The van der Waals surface area contributed by atoms with E-state index in [0.29, 0.717) is 30.9 Å². The lowest BCUT2D eigenvalue weighted by molar-refractivity contribution is -0.150. The Bertz CT molecular complexity index is 743. The number of hydrogen-bond donors (Lipinski definition) is 2. The molecule has 1 aromatic carbocycles. The van der Waals surface area contributed by atoms with Crippen LogP contribution in [-0.2, 0) is 19.1 Å². The number of carbonyl (C=O) groups excluding carboxylic acids is 4. The highest BCUT2D eigenvalue weighted by Crippen LogP contribution is 2.24. The molecule has 1 fully saturated rings. The second-order valence-electron chi connectivity index (χ2n) is 6.28. The normalized spacial score (nSPS) is 15.2. The Morgan fingerprint density at radius 2 is 1.75 bits per heavy atom. The van der Waals surface area contributed by atoms with Crippen molar-refractivity contribution in [3.63, 3.8) is 0 Å². The molecule has 0 unspecified atom stereocenters. The number of nitrogens with zero attached hydrogens (tertiary/aromatic N) is 1. The zero-order chi connectivity index (χ0) is 20.7. The molecule has 1 aromatic rings. The minimum Gasteiger partial charge on any atom is -0.494 e. The van der Waals surface area contributed by atoms with Gasteiger partial charge in [0.2, 0.25) is 0 Å². The number of urea groups is 1. The summed E-state index contributed by atoms with van der Waals surface area (Å²) < 4.78 is 10.2. The first-order valence-corrected chi connectivity index (χ1v) is 9.17. The summed E-state index contributed by atoms with van der Waals surface area (Å²) in [5.41, 5.74) is -0.461. The van der Waals surface area contributed by atoms with Crippen LogP contribution >= 0.6 is 0 Å². The van der Waals surface area contributed by atoms with Crippen LogP contribution in [0, 0.1) is 0 Å². The number of hydrogen-bond acceptors (Lipinski definition) is 6. The summed E-state index contributed by atoms with van der Waals surface area (Å²) in [5.74, 6) is -1.16. The largest absolute Gasteiger partial charge is 0.494 e.